The van der Waals surface area contributed by atoms with Crippen molar-refractivity contribution < 1.29 is 14.3 Å². The third kappa shape index (κ3) is 4.16. The van der Waals surface area contributed by atoms with Gasteiger partial charge < -0.3 is 14.6 Å². The summed E-state index contributed by atoms with van der Waals surface area (Å²) < 4.78 is 5.58. The molecule has 0 radical (unpaired) electrons. The highest BCUT2D eigenvalue weighted by Crippen LogP contribution is 2.40. The van der Waals surface area contributed by atoms with Gasteiger partial charge in [-0.3, -0.25) is 9.69 Å². The number of aromatic amines is 1. The Bertz CT molecular complexity index is 1200. The molecule has 34 heavy (non-hydrogen) atoms. The molecule has 2 amide bonds. The van der Waals surface area contributed by atoms with Gasteiger partial charge in [-0.2, -0.15) is 0 Å². The van der Waals surface area contributed by atoms with E-state index < -0.39 is 17.7 Å². The Kier molecular flexibility index (Phi) is 5.59. The summed E-state index contributed by atoms with van der Waals surface area (Å²) >= 11 is 0. The highest BCUT2D eigenvalue weighted by molar-refractivity contribution is 6.02. The van der Waals surface area contributed by atoms with Crippen LogP contribution in [0.2, 0.25) is 0 Å². The molecule has 2 aliphatic heterocycles. The monoisotopic (exact) mass is 459 g/mol. The van der Waals surface area contributed by atoms with Crippen LogP contribution in [0.25, 0.3) is 22.5 Å². The fraction of sp³-hybridized carbons (Fsp3) is 0.385. The number of nitrogens with zero attached hydrogens (tertiary/aromatic N) is 4. The lowest BCUT2D eigenvalue weighted by Crippen LogP contribution is -2.48. The average molecular weight is 460 g/mol. The first-order valence-corrected chi connectivity index (χ1v) is 11.7. The zero-order valence-electron chi connectivity index (χ0n) is 19.7. The maximum Gasteiger partial charge on any atom is 0.410 e. The lowest BCUT2D eigenvalue weighted by Gasteiger charge is -2.30. The van der Waals surface area contributed by atoms with E-state index in [0.29, 0.717) is 25.3 Å². The van der Waals surface area contributed by atoms with Crippen LogP contribution < -0.4 is 4.90 Å². The maximum atomic E-state index is 13.8. The van der Waals surface area contributed by atoms with Gasteiger partial charge in [-0.25, -0.2) is 4.79 Å². The molecule has 0 aliphatic carbocycles. The Morgan fingerprint density at radius 1 is 1.09 bits per heavy atom. The number of likely N-dealkylation sites (tertiary alicyclic amines) is 1. The van der Waals surface area contributed by atoms with Crippen molar-refractivity contribution in [3.05, 3.63) is 54.4 Å². The minimum Gasteiger partial charge on any atom is -0.444 e. The third-order valence-electron chi connectivity index (χ3n) is 6.31. The van der Waals surface area contributed by atoms with Gasteiger partial charge in [-0.1, -0.05) is 30.3 Å². The predicted molar refractivity (Wildman–Crippen MR) is 129 cm³/mol. The molecule has 5 rings (SSSR count). The van der Waals surface area contributed by atoms with E-state index >= 15 is 0 Å². The van der Waals surface area contributed by atoms with Crippen LogP contribution in [-0.4, -0.2) is 56.8 Å². The molecule has 176 valence electrons. The summed E-state index contributed by atoms with van der Waals surface area (Å²) in [6.45, 7) is 6.62. The Morgan fingerprint density at radius 2 is 1.88 bits per heavy atom. The van der Waals surface area contributed by atoms with E-state index in [4.69, 9.17) is 4.74 Å². The molecule has 8 nitrogen and oxygen atoms in total. The summed E-state index contributed by atoms with van der Waals surface area (Å²) in [6.07, 6.45) is 3.29. The van der Waals surface area contributed by atoms with Gasteiger partial charge in [0, 0.05) is 24.3 Å². The summed E-state index contributed by atoms with van der Waals surface area (Å²) in [5.41, 5.74) is 4.42. The Hall–Kier alpha value is -3.68. The molecule has 2 aliphatic rings. The average Bonchev–Trinajstić information content (AvgIpc) is 3.58. The van der Waals surface area contributed by atoms with E-state index in [1.807, 2.05) is 49.9 Å². The smallest absolute Gasteiger partial charge is 0.410 e. The summed E-state index contributed by atoms with van der Waals surface area (Å²) in [5, 5.41) is 8.11. The van der Waals surface area contributed by atoms with Crippen molar-refractivity contribution in [2.45, 2.75) is 51.7 Å². The van der Waals surface area contributed by atoms with Gasteiger partial charge in [0.2, 0.25) is 5.91 Å². The molecule has 1 atom stereocenters. The number of anilines is 1. The summed E-state index contributed by atoms with van der Waals surface area (Å²) in [4.78, 5) is 33.1. The predicted octanol–water partition coefficient (Wildman–Crippen LogP) is 4.43. The zero-order chi connectivity index (χ0) is 23.9. The van der Waals surface area contributed by atoms with Crippen LogP contribution in [0.5, 0.6) is 0 Å². The molecular weight excluding hydrogens is 430 g/mol. The maximum absolute atomic E-state index is 13.8. The van der Waals surface area contributed by atoms with Crippen LogP contribution in [0.1, 0.15) is 39.2 Å². The number of benzene rings is 2. The Balaban J connectivity index is 1.51. The van der Waals surface area contributed by atoms with Crippen molar-refractivity contribution in [1.29, 1.82) is 0 Å². The molecule has 0 spiro atoms. The normalized spacial score (nSPS) is 17.7. The minimum atomic E-state index is -0.607. The van der Waals surface area contributed by atoms with Crippen molar-refractivity contribution in [2.75, 3.05) is 18.0 Å². The molecule has 1 saturated heterocycles. The second-order valence-corrected chi connectivity index (χ2v) is 9.80. The van der Waals surface area contributed by atoms with Gasteiger partial charge in [-0.15, -0.1) is 10.2 Å². The van der Waals surface area contributed by atoms with Crippen LogP contribution in [0, 0.1) is 0 Å². The van der Waals surface area contributed by atoms with Crippen LogP contribution in [-0.2, 0) is 16.0 Å². The molecular formula is C26H29N5O3. The van der Waals surface area contributed by atoms with Crippen LogP contribution in [0.4, 0.5) is 10.5 Å². The third-order valence-corrected chi connectivity index (χ3v) is 6.31. The van der Waals surface area contributed by atoms with Gasteiger partial charge in [0.1, 0.15) is 18.0 Å². The number of H-pyrrole nitrogens is 1. The molecule has 3 aromatic rings. The number of ether oxygens (including phenoxy) is 1. The summed E-state index contributed by atoms with van der Waals surface area (Å²) in [7, 11) is 0. The number of rotatable bonds is 3. The number of carbonyl (C=O) groups excluding carboxylic acids is 2. The molecule has 1 N–H and O–H groups in total. The van der Waals surface area contributed by atoms with Gasteiger partial charge in [0.25, 0.3) is 0 Å². The lowest BCUT2D eigenvalue weighted by molar-refractivity contribution is -0.122. The molecule has 0 saturated carbocycles. The number of hydrogen-bond acceptors (Lipinski definition) is 5. The van der Waals surface area contributed by atoms with Crippen molar-refractivity contribution in [3.63, 3.8) is 0 Å². The molecule has 3 heterocycles. The number of amides is 2. The Morgan fingerprint density at radius 3 is 2.59 bits per heavy atom. The first-order valence-electron chi connectivity index (χ1n) is 11.7. The van der Waals surface area contributed by atoms with E-state index in [2.05, 4.69) is 33.4 Å². The van der Waals surface area contributed by atoms with E-state index in [0.717, 1.165) is 40.8 Å². The van der Waals surface area contributed by atoms with Gasteiger partial charge in [-0.05, 0) is 68.9 Å². The first-order chi connectivity index (χ1) is 16.3. The first kappa shape index (κ1) is 22.1. The second kappa shape index (κ2) is 8.59. The molecule has 1 fully saturated rings. The van der Waals surface area contributed by atoms with Crippen molar-refractivity contribution in [1.82, 2.24) is 20.1 Å². The van der Waals surface area contributed by atoms with E-state index in [1.165, 1.54) is 0 Å². The topological polar surface area (TPSA) is 91.4 Å². The Labute approximate surface area is 198 Å². The molecule has 0 unspecified atom stereocenters. The van der Waals surface area contributed by atoms with Gasteiger partial charge >= 0.3 is 6.09 Å². The van der Waals surface area contributed by atoms with Gasteiger partial charge in [0.05, 0.1) is 0 Å². The number of fused-ring (bicyclic) bond motifs is 1. The molecule has 8 heteroatoms. The standard InChI is InChI=1S/C26H29N5O3/c1-26(2,3)34-25(33)31-12-7-10-21(31)24(32)30-13-11-19-20(17-8-5-4-6-9-17)14-18(15-22(19)30)23-27-16-28-29-23/h4-6,8-9,14-16,21H,7,10-13H2,1-3H3,(H,27,28,29)/t21-/m0/s1. The minimum absolute atomic E-state index is 0.0594. The molecule has 2 aromatic carbocycles. The van der Waals surface area contributed by atoms with Crippen LogP contribution in [0.15, 0.2) is 48.8 Å². The number of carbonyl (C=O) groups is 2. The SMILES string of the molecule is CC(C)(C)OC(=O)N1CCC[C@H]1C(=O)N1CCc2c(-c3ccccc3)cc(-c3nnc[nH]3)cc21. The molecule has 1 aromatic heterocycles. The number of aromatic nitrogens is 3. The fourth-order valence-corrected chi connectivity index (χ4v) is 4.83. The van der Waals surface area contributed by atoms with E-state index in [9.17, 15) is 9.59 Å². The number of hydrogen-bond donors (Lipinski definition) is 1. The largest absolute Gasteiger partial charge is 0.444 e. The van der Waals surface area contributed by atoms with E-state index in [-0.39, 0.29) is 5.91 Å². The fourth-order valence-electron chi connectivity index (χ4n) is 4.83. The van der Waals surface area contributed by atoms with E-state index in [1.54, 1.807) is 11.2 Å². The number of nitrogens with one attached hydrogen (secondary N) is 1. The highest BCUT2D eigenvalue weighted by Gasteiger charge is 2.41. The second-order valence-electron chi connectivity index (χ2n) is 9.80. The highest BCUT2D eigenvalue weighted by atomic mass is 16.6. The van der Waals surface area contributed by atoms with Crippen LogP contribution >= 0.6 is 0 Å². The van der Waals surface area contributed by atoms with Crippen molar-refractivity contribution in [2.24, 2.45) is 0 Å². The molecule has 0 bridgehead atoms. The van der Waals surface area contributed by atoms with Gasteiger partial charge in [0.15, 0.2) is 5.82 Å². The summed E-state index contributed by atoms with van der Waals surface area (Å²) in [6, 6.07) is 13.7. The van der Waals surface area contributed by atoms with Crippen LogP contribution in [0.3, 0.4) is 0 Å². The summed E-state index contributed by atoms with van der Waals surface area (Å²) in [5.74, 6) is 0.589. The quantitative estimate of drug-likeness (QED) is 0.626. The lowest BCUT2D eigenvalue weighted by atomic mass is 9.95. The zero-order valence-corrected chi connectivity index (χ0v) is 19.7. The van der Waals surface area contributed by atoms with Crippen molar-refractivity contribution in [3.8, 4) is 22.5 Å². The van der Waals surface area contributed by atoms with Crippen molar-refractivity contribution >= 4 is 17.7 Å².